The molecule has 0 aliphatic heterocycles. The Labute approximate surface area is 126 Å². The van der Waals surface area contributed by atoms with Gasteiger partial charge in [-0.15, -0.1) is 0 Å². The molecule has 0 heterocycles. The minimum Gasteiger partial charge on any atom is -0.306 e. The SMILES string of the molecule is O=C(NOCc1ccccc1)Nc1cc(Cl)cc(Cl)c1. The second kappa shape index (κ2) is 7.14. The number of rotatable bonds is 4. The molecule has 0 bridgehead atoms. The number of benzene rings is 2. The molecule has 0 unspecified atom stereocenters. The molecule has 2 N–H and O–H groups in total. The summed E-state index contributed by atoms with van der Waals surface area (Å²) < 4.78 is 0. The Balaban J connectivity index is 1.81. The number of urea groups is 1. The van der Waals surface area contributed by atoms with Gasteiger partial charge < -0.3 is 5.32 Å². The van der Waals surface area contributed by atoms with Crippen molar-refractivity contribution in [3.63, 3.8) is 0 Å². The van der Waals surface area contributed by atoms with Gasteiger partial charge in [-0.1, -0.05) is 53.5 Å². The van der Waals surface area contributed by atoms with Crippen molar-refractivity contribution in [3.8, 4) is 0 Å². The van der Waals surface area contributed by atoms with Crippen LogP contribution in [0, 0.1) is 0 Å². The molecule has 0 fully saturated rings. The number of hydroxylamine groups is 1. The quantitative estimate of drug-likeness (QED) is 0.830. The van der Waals surface area contributed by atoms with Crippen LogP contribution < -0.4 is 10.8 Å². The van der Waals surface area contributed by atoms with Crippen LogP contribution in [-0.2, 0) is 11.4 Å². The first-order valence-electron chi connectivity index (χ1n) is 5.82. The molecular weight excluding hydrogens is 299 g/mol. The van der Waals surface area contributed by atoms with Gasteiger partial charge in [0.1, 0.15) is 0 Å². The van der Waals surface area contributed by atoms with E-state index in [1.807, 2.05) is 30.3 Å². The van der Waals surface area contributed by atoms with E-state index in [0.717, 1.165) is 5.56 Å². The van der Waals surface area contributed by atoms with Crippen LogP contribution in [0.1, 0.15) is 5.56 Å². The van der Waals surface area contributed by atoms with E-state index in [4.69, 9.17) is 28.0 Å². The molecule has 0 atom stereocenters. The fraction of sp³-hybridized carbons (Fsp3) is 0.0714. The van der Waals surface area contributed by atoms with Gasteiger partial charge in [-0.3, -0.25) is 4.84 Å². The summed E-state index contributed by atoms with van der Waals surface area (Å²) in [6.07, 6.45) is 0. The van der Waals surface area contributed by atoms with Crippen LogP contribution in [-0.4, -0.2) is 6.03 Å². The smallest absolute Gasteiger partial charge is 0.306 e. The first-order valence-corrected chi connectivity index (χ1v) is 6.58. The number of carbonyl (C=O) groups is 1. The zero-order valence-electron chi connectivity index (χ0n) is 10.4. The van der Waals surface area contributed by atoms with Crippen molar-refractivity contribution in [1.29, 1.82) is 0 Å². The van der Waals surface area contributed by atoms with E-state index in [1.54, 1.807) is 18.2 Å². The molecule has 0 saturated heterocycles. The van der Waals surface area contributed by atoms with E-state index in [9.17, 15) is 4.79 Å². The number of hydrogen-bond donors (Lipinski definition) is 2. The molecule has 0 aliphatic carbocycles. The lowest BCUT2D eigenvalue weighted by Gasteiger charge is -2.08. The Morgan fingerprint density at radius 3 is 2.35 bits per heavy atom. The van der Waals surface area contributed by atoms with Crippen LogP contribution in [0.5, 0.6) is 0 Å². The van der Waals surface area contributed by atoms with Crippen LogP contribution in [0.3, 0.4) is 0 Å². The highest BCUT2D eigenvalue weighted by atomic mass is 35.5. The molecule has 4 nitrogen and oxygen atoms in total. The van der Waals surface area contributed by atoms with Crippen molar-refractivity contribution in [3.05, 3.63) is 64.1 Å². The zero-order valence-corrected chi connectivity index (χ0v) is 11.9. The minimum atomic E-state index is -0.501. The van der Waals surface area contributed by atoms with E-state index in [1.165, 1.54) is 0 Å². The lowest BCUT2D eigenvalue weighted by molar-refractivity contribution is 0.0536. The second-order valence-corrected chi connectivity index (χ2v) is 4.86. The van der Waals surface area contributed by atoms with Gasteiger partial charge in [-0.25, -0.2) is 10.3 Å². The van der Waals surface area contributed by atoms with E-state index < -0.39 is 6.03 Å². The number of nitrogens with one attached hydrogen (secondary N) is 2. The lowest BCUT2D eigenvalue weighted by atomic mass is 10.2. The van der Waals surface area contributed by atoms with Gasteiger partial charge in [0.05, 0.1) is 6.61 Å². The zero-order chi connectivity index (χ0) is 14.4. The van der Waals surface area contributed by atoms with Crippen LogP contribution in [0.15, 0.2) is 48.5 Å². The van der Waals surface area contributed by atoms with E-state index in [-0.39, 0.29) is 6.61 Å². The summed E-state index contributed by atoms with van der Waals surface area (Å²) in [4.78, 5) is 16.7. The average Bonchev–Trinajstić information content (AvgIpc) is 2.38. The maximum Gasteiger partial charge on any atom is 0.343 e. The van der Waals surface area contributed by atoms with Crippen molar-refractivity contribution in [2.75, 3.05) is 5.32 Å². The largest absolute Gasteiger partial charge is 0.343 e. The summed E-state index contributed by atoms with van der Waals surface area (Å²) in [6, 6.07) is 13.8. The Morgan fingerprint density at radius 2 is 1.70 bits per heavy atom. The monoisotopic (exact) mass is 310 g/mol. The van der Waals surface area contributed by atoms with Crippen LogP contribution in [0.25, 0.3) is 0 Å². The topological polar surface area (TPSA) is 50.4 Å². The standard InChI is InChI=1S/C14H12Cl2N2O2/c15-11-6-12(16)8-13(7-11)17-14(19)18-20-9-10-4-2-1-3-5-10/h1-8H,9H2,(H2,17,18,19). The van der Waals surface area contributed by atoms with Crippen molar-refractivity contribution in [2.24, 2.45) is 0 Å². The molecule has 104 valence electrons. The molecule has 6 heteroatoms. The normalized spacial score (nSPS) is 10.1. The number of halogens is 2. The number of anilines is 1. The lowest BCUT2D eigenvalue weighted by Crippen LogP contribution is -2.28. The third-order valence-corrected chi connectivity index (χ3v) is 2.80. The molecule has 2 aromatic carbocycles. The highest BCUT2D eigenvalue weighted by Gasteiger charge is 2.04. The van der Waals surface area contributed by atoms with Gasteiger partial charge >= 0.3 is 6.03 Å². The van der Waals surface area contributed by atoms with Crippen molar-refractivity contribution in [1.82, 2.24) is 5.48 Å². The molecule has 2 rings (SSSR count). The van der Waals surface area contributed by atoms with Crippen molar-refractivity contribution in [2.45, 2.75) is 6.61 Å². The Hall–Kier alpha value is -1.75. The maximum atomic E-state index is 11.6. The maximum absolute atomic E-state index is 11.6. The van der Waals surface area contributed by atoms with Gasteiger partial charge in [0.2, 0.25) is 0 Å². The summed E-state index contributed by atoms with van der Waals surface area (Å²) in [6.45, 7) is 0.282. The third kappa shape index (κ3) is 4.74. The summed E-state index contributed by atoms with van der Waals surface area (Å²) >= 11 is 11.7. The highest BCUT2D eigenvalue weighted by Crippen LogP contribution is 2.22. The van der Waals surface area contributed by atoms with Gasteiger partial charge in [0.15, 0.2) is 0 Å². The first kappa shape index (κ1) is 14.7. The van der Waals surface area contributed by atoms with E-state index in [0.29, 0.717) is 15.7 Å². The summed E-state index contributed by atoms with van der Waals surface area (Å²) in [5.41, 5.74) is 3.73. The Morgan fingerprint density at radius 1 is 1.05 bits per heavy atom. The van der Waals surface area contributed by atoms with Crippen LogP contribution in [0.4, 0.5) is 10.5 Å². The third-order valence-electron chi connectivity index (χ3n) is 2.37. The molecule has 0 aromatic heterocycles. The Bertz CT molecular complexity index is 571. The summed E-state index contributed by atoms with van der Waals surface area (Å²) in [5.74, 6) is 0. The molecule has 20 heavy (non-hydrogen) atoms. The van der Waals surface area contributed by atoms with Gasteiger partial charge in [0, 0.05) is 15.7 Å². The van der Waals surface area contributed by atoms with Crippen molar-refractivity contribution >= 4 is 34.9 Å². The average molecular weight is 311 g/mol. The van der Waals surface area contributed by atoms with E-state index in [2.05, 4.69) is 10.8 Å². The van der Waals surface area contributed by atoms with Gasteiger partial charge in [-0.05, 0) is 23.8 Å². The second-order valence-electron chi connectivity index (χ2n) is 3.99. The molecule has 0 spiro atoms. The number of amides is 2. The van der Waals surface area contributed by atoms with Crippen LogP contribution in [0.2, 0.25) is 10.0 Å². The summed E-state index contributed by atoms with van der Waals surface area (Å²) in [5, 5.41) is 3.45. The minimum absolute atomic E-state index is 0.282. The van der Waals surface area contributed by atoms with Gasteiger partial charge in [-0.2, -0.15) is 0 Å². The molecule has 2 amide bonds. The fourth-order valence-electron chi connectivity index (χ4n) is 1.54. The predicted molar refractivity (Wildman–Crippen MR) is 79.8 cm³/mol. The van der Waals surface area contributed by atoms with Crippen molar-refractivity contribution < 1.29 is 9.63 Å². The fourth-order valence-corrected chi connectivity index (χ4v) is 2.07. The van der Waals surface area contributed by atoms with E-state index >= 15 is 0 Å². The molecular formula is C14H12Cl2N2O2. The number of carbonyl (C=O) groups excluding carboxylic acids is 1. The molecule has 0 aliphatic rings. The molecule has 2 aromatic rings. The molecule has 0 radical (unpaired) electrons. The molecule has 0 saturated carbocycles. The number of hydrogen-bond acceptors (Lipinski definition) is 2. The van der Waals surface area contributed by atoms with Gasteiger partial charge in [0.25, 0.3) is 0 Å². The predicted octanol–water partition coefficient (Wildman–Crippen LogP) is 4.25. The summed E-state index contributed by atoms with van der Waals surface area (Å²) in [7, 11) is 0. The first-order chi connectivity index (χ1) is 9.63. The highest BCUT2D eigenvalue weighted by molar-refractivity contribution is 6.35. The Kier molecular flexibility index (Phi) is 5.24. The van der Waals surface area contributed by atoms with Crippen LogP contribution >= 0.6 is 23.2 Å².